The van der Waals surface area contributed by atoms with Gasteiger partial charge < -0.3 is 5.11 Å². The fraction of sp³-hybridized carbons (Fsp3) is 0.467. The molecular formula is C15H18ClN3O. The van der Waals surface area contributed by atoms with Crippen LogP contribution in [0.1, 0.15) is 55.6 Å². The van der Waals surface area contributed by atoms with Crippen molar-refractivity contribution in [3.8, 4) is 0 Å². The van der Waals surface area contributed by atoms with Crippen molar-refractivity contribution in [1.82, 2.24) is 14.8 Å². The van der Waals surface area contributed by atoms with Crippen molar-refractivity contribution in [1.29, 1.82) is 0 Å². The van der Waals surface area contributed by atoms with Crippen LogP contribution in [-0.2, 0) is 0 Å². The molecule has 0 saturated heterocycles. The quantitative estimate of drug-likeness (QED) is 0.941. The molecule has 0 aliphatic heterocycles. The molecule has 0 bridgehead atoms. The highest BCUT2D eigenvalue weighted by atomic mass is 35.5. The second-order valence-electron chi connectivity index (χ2n) is 5.31. The maximum Gasteiger partial charge on any atom is 0.160 e. The summed E-state index contributed by atoms with van der Waals surface area (Å²) in [7, 11) is 0. The van der Waals surface area contributed by atoms with Gasteiger partial charge in [-0.2, -0.15) is 5.10 Å². The number of hydrogen-bond acceptors (Lipinski definition) is 3. The molecule has 1 heterocycles. The molecule has 1 aliphatic rings. The summed E-state index contributed by atoms with van der Waals surface area (Å²) < 4.78 is 1.89. The molecule has 3 rings (SSSR count). The van der Waals surface area contributed by atoms with Crippen LogP contribution in [0.2, 0.25) is 5.02 Å². The maximum absolute atomic E-state index is 10.5. The number of nitrogens with zero attached hydrogens (tertiary/aromatic N) is 3. The minimum Gasteiger partial charge on any atom is -0.380 e. The number of rotatable bonds is 3. The molecule has 1 aromatic carbocycles. The van der Waals surface area contributed by atoms with Crippen LogP contribution in [0.5, 0.6) is 0 Å². The van der Waals surface area contributed by atoms with Crippen molar-refractivity contribution in [3.63, 3.8) is 0 Å². The molecule has 0 spiro atoms. The normalized spacial score (nSPS) is 18.1. The topological polar surface area (TPSA) is 50.9 Å². The van der Waals surface area contributed by atoms with Crippen molar-refractivity contribution in [2.75, 3.05) is 0 Å². The molecule has 1 saturated carbocycles. The van der Waals surface area contributed by atoms with Crippen molar-refractivity contribution in [3.05, 3.63) is 47.0 Å². The Kier molecular flexibility index (Phi) is 4.03. The van der Waals surface area contributed by atoms with Crippen LogP contribution in [0.15, 0.2) is 30.6 Å². The van der Waals surface area contributed by atoms with Gasteiger partial charge in [-0.3, -0.25) is 0 Å². The van der Waals surface area contributed by atoms with Crippen molar-refractivity contribution >= 4 is 11.6 Å². The molecule has 1 atom stereocenters. The first-order valence-electron chi connectivity index (χ1n) is 7.08. The van der Waals surface area contributed by atoms with E-state index in [0.29, 0.717) is 16.9 Å². The van der Waals surface area contributed by atoms with Gasteiger partial charge in [0.05, 0.1) is 6.04 Å². The Morgan fingerprint density at radius 2 is 2.05 bits per heavy atom. The van der Waals surface area contributed by atoms with E-state index in [2.05, 4.69) is 10.1 Å². The lowest BCUT2D eigenvalue weighted by Crippen LogP contribution is -2.19. The van der Waals surface area contributed by atoms with Gasteiger partial charge in [-0.25, -0.2) is 9.67 Å². The van der Waals surface area contributed by atoms with Crippen molar-refractivity contribution in [2.45, 2.75) is 44.2 Å². The van der Waals surface area contributed by atoms with Gasteiger partial charge in [0.1, 0.15) is 12.4 Å². The number of hydrogen-bond donors (Lipinski definition) is 1. The minimum atomic E-state index is -0.780. The third-order valence-electron chi connectivity index (χ3n) is 3.93. The van der Waals surface area contributed by atoms with Crippen LogP contribution < -0.4 is 0 Å². The van der Waals surface area contributed by atoms with Crippen LogP contribution in [-0.4, -0.2) is 19.9 Å². The number of halogens is 1. The molecule has 2 aromatic rings. The third-order valence-corrected chi connectivity index (χ3v) is 4.17. The first-order chi connectivity index (χ1) is 9.75. The zero-order valence-corrected chi connectivity index (χ0v) is 12.0. The lowest BCUT2D eigenvalue weighted by atomic mass is 9.95. The van der Waals surface area contributed by atoms with Crippen LogP contribution in [0.25, 0.3) is 0 Å². The standard InChI is InChI=1S/C15H18ClN3O/c16-12-6-4-5-11(9-12)14(20)15-17-10-18-19(15)13-7-2-1-3-8-13/h4-6,9-10,13-14,20H,1-3,7-8H2/t14-/m0/s1. The minimum absolute atomic E-state index is 0.357. The van der Waals surface area contributed by atoms with E-state index in [1.165, 1.54) is 25.6 Å². The first kappa shape index (κ1) is 13.6. The first-order valence-corrected chi connectivity index (χ1v) is 7.46. The predicted octanol–water partition coefficient (Wildman–Crippen LogP) is 3.52. The molecule has 106 valence electrons. The van der Waals surface area contributed by atoms with Crippen LogP contribution in [0, 0.1) is 0 Å². The Bertz CT molecular complexity index is 578. The maximum atomic E-state index is 10.5. The van der Waals surface area contributed by atoms with E-state index in [4.69, 9.17) is 11.6 Å². The molecule has 1 N–H and O–H groups in total. The van der Waals surface area contributed by atoms with Gasteiger partial charge in [0.2, 0.25) is 0 Å². The third kappa shape index (κ3) is 2.72. The summed E-state index contributed by atoms with van der Waals surface area (Å²) >= 11 is 5.98. The van der Waals surface area contributed by atoms with Crippen molar-refractivity contribution in [2.24, 2.45) is 0 Å². The monoisotopic (exact) mass is 291 g/mol. The smallest absolute Gasteiger partial charge is 0.160 e. The fourth-order valence-electron chi connectivity index (χ4n) is 2.89. The molecule has 1 aliphatic carbocycles. The van der Waals surface area contributed by atoms with Gasteiger partial charge in [0.15, 0.2) is 5.82 Å². The van der Waals surface area contributed by atoms with Gasteiger partial charge in [-0.1, -0.05) is 43.0 Å². The lowest BCUT2D eigenvalue weighted by molar-refractivity contribution is 0.192. The number of aromatic nitrogens is 3. The largest absolute Gasteiger partial charge is 0.380 e. The number of aliphatic hydroxyl groups excluding tert-OH is 1. The Labute approximate surface area is 123 Å². The van der Waals surface area contributed by atoms with E-state index >= 15 is 0 Å². The highest BCUT2D eigenvalue weighted by Gasteiger charge is 2.23. The zero-order valence-electron chi connectivity index (χ0n) is 11.2. The average molecular weight is 292 g/mol. The Balaban J connectivity index is 1.88. The van der Waals surface area contributed by atoms with E-state index in [-0.39, 0.29) is 0 Å². The summed E-state index contributed by atoms with van der Waals surface area (Å²) in [6, 6.07) is 7.61. The molecule has 0 unspecified atom stereocenters. The van der Waals surface area contributed by atoms with Crippen LogP contribution >= 0.6 is 11.6 Å². The second-order valence-corrected chi connectivity index (χ2v) is 5.75. The van der Waals surface area contributed by atoms with Gasteiger partial charge in [-0.15, -0.1) is 0 Å². The molecule has 1 fully saturated rings. The van der Waals surface area contributed by atoms with E-state index in [1.807, 2.05) is 16.8 Å². The summed E-state index contributed by atoms with van der Waals surface area (Å²) in [5.41, 5.74) is 0.752. The van der Waals surface area contributed by atoms with Gasteiger partial charge in [-0.05, 0) is 30.5 Å². The van der Waals surface area contributed by atoms with Gasteiger partial charge in [0, 0.05) is 5.02 Å². The van der Waals surface area contributed by atoms with Crippen LogP contribution in [0.4, 0.5) is 0 Å². The Hall–Kier alpha value is -1.39. The molecule has 0 radical (unpaired) electrons. The van der Waals surface area contributed by atoms with Crippen LogP contribution in [0.3, 0.4) is 0 Å². The van der Waals surface area contributed by atoms with Gasteiger partial charge in [0.25, 0.3) is 0 Å². The predicted molar refractivity (Wildman–Crippen MR) is 77.7 cm³/mol. The molecular weight excluding hydrogens is 274 g/mol. The van der Waals surface area contributed by atoms with Crippen molar-refractivity contribution < 1.29 is 5.11 Å². The number of benzene rings is 1. The summed E-state index contributed by atoms with van der Waals surface area (Å²) in [4.78, 5) is 4.26. The Morgan fingerprint density at radius 3 is 2.80 bits per heavy atom. The Morgan fingerprint density at radius 1 is 1.25 bits per heavy atom. The fourth-order valence-corrected chi connectivity index (χ4v) is 3.09. The SMILES string of the molecule is O[C@@H](c1cccc(Cl)c1)c1ncnn1C1CCCCC1. The summed E-state index contributed by atoms with van der Waals surface area (Å²) in [5.74, 6) is 0.610. The van der Waals surface area contributed by atoms with Gasteiger partial charge >= 0.3 is 0 Å². The summed E-state index contributed by atoms with van der Waals surface area (Å²) in [6.45, 7) is 0. The summed E-state index contributed by atoms with van der Waals surface area (Å²) in [5, 5.41) is 15.5. The van der Waals surface area contributed by atoms with E-state index in [1.54, 1.807) is 12.1 Å². The molecule has 5 heteroatoms. The summed E-state index contributed by atoms with van der Waals surface area (Å²) in [6.07, 6.45) is 6.69. The molecule has 1 aromatic heterocycles. The van der Waals surface area contributed by atoms with E-state index in [0.717, 1.165) is 18.4 Å². The number of aliphatic hydroxyl groups is 1. The molecule has 4 nitrogen and oxygen atoms in total. The lowest BCUT2D eigenvalue weighted by Gasteiger charge is -2.24. The van der Waals surface area contributed by atoms with E-state index < -0.39 is 6.10 Å². The highest BCUT2D eigenvalue weighted by molar-refractivity contribution is 6.30. The average Bonchev–Trinajstić information content (AvgIpc) is 2.97. The second kappa shape index (κ2) is 5.94. The molecule has 0 amide bonds. The highest BCUT2D eigenvalue weighted by Crippen LogP contribution is 2.31. The van der Waals surface area contributed by atoms with E-state index in [9.17, 15) is 5.11 Å². The zero-order chi connectivity index (χ0) is 13.9. The molecule has 20 heavy (non-hydrogen) atoms.